The number of rotatable bonds is 4. The Balaban J connectivity index is 2.27. The average Bonchev–Trinajstić information content (AvgIpc) is 2.70. The van der Waals surface area contributed by atoms with Gasteiger partial charge in [-0.05, 0) is 12.5 Å². The highest BCUT2D eigenvalue weighted by atomic mass is 28.3. The van der Waals surface area contributed by atoms with Gasteiger partial charge >= 0.3 is 0 Å². The molecule has 1 aliphatic heterocycles. The van der Waals surface area contributed by atoms with E-state index in [0.717, 1.165) is 6.42 Å². The monoisotopic (exact) mass is 279 g/mol. The van der Waals surface area contributed by atoms with E-state index in [1.165, 1.54) is 10.8 Å². The van der Waals surface area contributed by atoms with Crippen molar-refractivity contribution in [3.8, 4) is 0 Å². The highest BCUT2D eigenvalue weighted by Gasteiger charge is 2.35. The van der Waals surface area contributed by atoms with Gasteiger partial charge in [-0.3, -0.25) is 4.84 Å². The van der Waals surface area contributed by atoms with Gasteiger partial charge in [0.1, 0.15) is 0 Å². The Kier molecular flexibility index (Phi) is 4.45. The molecule has 0 unspecified atom stereocenters. The molecule has 0 N–H and O–H groups in total. The number of hydrogen-bond donors (Lipinski definition) is 0. The number of ether oxygens (including phenoxy) is 1. The third-order valence-corrected chi connectivity index (χ3v) is 5.69. The molecular weight excluding hydrogens is 254 g/mol. The van der Waals surface area contributed by atoms with Gasteiger partial charge in [-0.1, -0.05) is 49.1 Å². The van der Waals surface area contributed by atoms with Gasteiger partial charge < -0.3 is 4.74 Å². The molecule has 1 aliphatic rings. The Hall–Kier alpha value is -0.683. The van der Waals surface area contributed by atoms with Crippen LogP contribution in [0.2, 0.25) is 19.6 Å². The van der Waals surface area contributed by atoms with Gasteiger partial charge in [0, 0.05) is 20.1 Å². The molecule has 106 valence electrons. The summed E-state index contributed by atoms with van der Waals surface area (Å²) in [4.78, 5) is 5.76. The fourth-order valence-electron chi connectivity index (χ4n) is 2.71. The van der Waals surface area contributed by atoms with Gasteiger partial charge in [0.15, 0.2) is 6.29 Å². The summed E-state index contributed by atoms with van der Waals surface area (Å²) in [5.74, 6) is 0. The van der Waals surface area contributed by atoms with E-state index in [0.29, 0.717) is 12.6 Å². The zero-order valence-electron chi connectivity index (χ0n) is 12.6. The zero-order chi connectivity index (χ0) is 14.0. The van der Waals surface area contributed by atoms with Crippen molar-refractivity contribution in [2.24, 2.45) is 0 Å². The van der Waals surface area contributed by atoms with Gasteiger partial charge in [0.25, 0.3) is 0 Å². The van der Waals surface area contributed by atoms with Gasteiger partial charge in [-0.15, -0.1) is 0 Å². The fourth-order valence-corrected chi connectivity index (χ4v) is 4.42. The van der Waals surface area contributed by atoms with Crippen molar-refractivity contribution < 1.29 is 9.57 Å². The Morgan fingerprint density at radius 3 is 2.63 bits per heavy atom. The molecule has 2 rings (SSSR count). The molecule has 1 heterocycles. The van der Waals surface area contributed by atoms with Crippen molar-refractivity contribution >= 4 is 13.3 Å². The first-order valence-corrected chi connectivity index (χ1v) is 10.5. The number of hydrogen-bond acceptors (Lipinski definition) is 3. The maximum absolute atomic E-state index is 5.76. The second-order valence-electron chi connectivity index (χ2n) is 6.13. The summed E-state index contributed by atoms with van der Waals surface area (Å²) in [7, 11) is 0.666. The van der Waals surface area contributed by atoms with Crippen molar-refractivity contribution in [2.75, 3.05) is 13.7 Å². The molecule has 0 bridgehead atoms. The first kappa shape index (κ1) is 14.7. The first-order chi connectivity index (χ1) is 8.93. The predicted octanol–water partition coefficient (Wildman–Crippen LogP) is 2.90. The van der Waals surface area contributed by atoms with Crippen molar-refractivity contribution in [2.45, 2.75) is 45.3 Å². The maximum Gasteiger partial charge on any atom is 0.179 e. The maximum atomic E-state index is 5.76. The second kappa shape index (κ2) is 5.75. The van der Waals surface area contributed by atoms with Crippen LogP contribution in [0.1, 0.15) is 24.9 Å². The van der Waals surface area contributed by atoms with E-state index >= 15 is 0 Å². The quantitative estimate of drug-likeness (QED) is 0.791. The fraction of sp³-hybridized carbons (Fsp3) is 0.600. The lowest BCUT2D eigenvalue weighted by molar-refractivity contribution is -0.227. The van der Waals surface area contributed by atoms with Crippen LogP contribution in [0.3, 0.4) is 0 Å². The third kappa shape index (κ3) is 3.26. The van der Waals surface area contributed by atoms with Crippen LogP contribution in [0.5, 0.6) is 0 Å². The lowest BCUT2D eigenvalue weighted by Gasteiger charge is -2.26. The van der Waals surface area contributed by atoms with Crippen LogP contribution in [0.25, 0.3) is 0 Å². The summed E-state index contributed by atoms with van der Waals surface area (Å²) in [5.41, 5.74) is 1.41. The standard InChI is InChI=1S/C15H25NO2Si/c1-6-17-15-11-13(16(2)18-15)12-9-7-8-10-14(12)19(3,4)5/h7-10,13,15H,6,11H2,1-5H3/t13-,15-/m0/s1. The second-order valence-corrected chi connectivity index (χ2v) is 11.2. The van der Waals surface area contributed by atoms with Crippen molar-refractivity contribution in [1.29, 1.82) is 0 Å². The van der Waals surface area contributed by atoms with E-state index in [4.69, 9.17) is 9.57 Å². The summed E-state index contributed by atoms with van der Waals surface area (Å²) in [6.45, 7) is 9.87. The SMILES string of the molecule is CCO[C@@H]1C[C@@H](c2ccccc2[Si](C)(C)C)N(C)O1. The average molecular weight is 279 g/mol. The number of nitrogens with zero attached hydrogens (tertiary/aromatic N) is 1. The minimum absolute atomic E-state index is 0.102. The minimum Gasteiger partial charge on any atom is -0.351 e. The predicted molar refractivity (Wildman–Crippen MR) is 81.0 cm³/mol. The zero-order valence-corrected chi connectivity index (χ0v) is 13.6. The van der Waals surface area contributed by atoms with Crippen molar-refractivity contribution in [1.82, 2.24) is 5.06 Å². The van der Waals surface area contributed by atoms with Crippen LogP contribution in [0, 0.1) is 0 Å². The van der Waals surface area contributed by atoms with Gasteiger partial charge in [0.2, 0.25) is 0 Å². The summed E-state index contributed by atoms with van der Waals surface area (Å²) < 4.78 is 5.60. The van der Waals surface area contributed by atoms with Gasteiger partial charge in [0.05, 0.1) is 14.1 Å². The normalized spacial score (nSPS) is 24.9. The van der Waals surface area contributed by atoms with E-state index in [1.54, 1.807) is 0 Å². The third-order valence-electron chi connectivity index (χ3n) is 3.62. The molecule has 0 saturated carbocycles. The smallest absolute Gasteiger partial charge is 0.179 e. The lowest BCUT2D eigenvalue weighted by atomic mass is 10.0. The molecule has 2 atom stereocenters. The largest absolute Gasteiger partial charge is 0.351 e. The Labute approximate surface area is 117 Å². The molecule has 0 amide bonds. The molecule has 0 aromatic heterocycles. The van der Waals surface area contributed by atoms with Crippen LogP contribution in [-0.4, -0.2) is 33.1 Å². The van der Waals surface area contributed by atoms with Crippen LogP contribution in [-0.2, 0) is 9.57 Å². The van der Waals surface area contributed by atoms with Crippen molar-refractivity contribution in [3.05, 3.63) is 29.8 Å². The molecule has 19 heavy (non-hydrogen) atoms. The summed E-state index contributed by atoms with van der Waals surface area (Å²) in [5, 5.41) is 3.48. The lowest BCUT2D eigenvalue weighted by Crippen LogP contribution is -2.41. The molecule has 3 nitrogen and oxygen atoms in total. The Morgan fingerprint density at radius 2 is 2.00 bits per heavy atom. The number of hydroxylamine groups is 2. The Bertz CT molecular complexity index is 430. The molecule has 1 fully saturated rings. The van der Waals surface area contributed by atoms with Crippen LogP contribution in [0.4, 0.5) is 0 Å². The van der Waals surface area contributed by atoms with Gasteiger partial charge in [-0.2, -0.15) is 5.06 Å². The van der Waals surface area contributed by atoms with Gasteiger partial charge in [-0.25, -0.2) is 0 Å². The molecular formula is C15H25NO2Si. The van der Waals surface area contributed by atoms with E-state index in [9.17, 15) is 0 Å². The summed E-state index contributed by atoms with van der Waals surface area (Å²) >= 11 is 0. The van der Waals surface area contributed by atoms with Crippen molar-refractivity contribution in [3.63, 3.8) is 0 Å². The molecule has 1 aromatic rings. The molecule has 0 spiro atoms. The topological polar surface area (TPSA) is 21.7 Å². The molecule has 1 saturated heterocycles. The van der Waals surface area contributed by atoms with E-state index in [-0.39, 0.29) is 6.29 Å². The number of benzene rings is 1. The summed E-state index contributed by atoms with van der Waals surface area (Å²) in [6.07, 6.45) is 0.806. The van der Waals surface area contributed by atoms with Crippen LogP contribution < -0.4 is 5.19 Å². The van der Waals surface area contributed by atoms with E-state index in [1.807, 2.05) is 19.0 Å². The van der Waals surface area contributed by atoms with E-state index in [2.05, 4.69) is 43.9 Å². The highest BCUT2D eigenvalue weighted by molar-refractivity contribution is 6.89. The summed E-state index contributed by atoms with van der Waals surface area (Å²) in [6, 6.07) is 9.10. The highest BCUT2D eigenvalue weighted by Crippen LogP contribution is 2.33. The molecule has 1 aromatic carbocycles. The first-order valence-electron chi connectivity index (χ1n) is 7.04. The molecule has 0 radical (unpaired) electrons. The molecule has 0 aliphatic carbocycles. The van der Waals surface area contributed by atoms with Crippen LogP contribution >= 0.6 is 0 Å². The molecule has 4 heteroatoms. The van der Waals surface area contributed by atoms with Crippen LogP contribution in [0.15, 0.2) is 24.3 Å². The Morgan fingerprint density at radius 1 is 1.32 bits per heavy atom. The minimum atomic E-state index is -1.34. The van der Waals surface area contributed by atoms with E-state index < -0.39 is 8.07 Å².